The molecule has 0 radical (unpaired) electrons. The van der Waals surface area contributed by atoms with Crippen LogP contribution in [0.1, 0.15) is 10.4 Å². The van der Waals surface area contributed by atoms with Crippen LogP contribution in [0.3, 0.4) is 0 Å². The topological polar surface area (TPSA) is 89.7 Å². The minimum absolute atomic E-state index is 0.214. The molecule has 2 rings (SSSR count). The smallest absolute Gasteiger partial charge is 0.342 e. The summed E-state index contributed by atoms with van der Waals surface area (Å²) in [6.07, 6.45) is 0. The molecule has 0 saturated carbocycles. The lowest BCUT2D eigenvalue weighted by molar-refractivity contribution is -0.385. The standard InChI is InChI=1S/C13H8INO5/c14-10-3-1-2-4-12(10)20-8-5-6-9(13(16)17)11(7-8)15(18)19/h1-7H,(H,16,17). The second-order valence-electron chi connectivity index (χ2n) is 3.77. The van der Waals surface area contributed by atoms with Gasteiger partial charge in [0.05, 0.1) is 14.6 Å². The number of carboxylic acids is 1. The summed E-state index contributed by atoms with van der Waals surface area (Å²) in [5.74, 6) is -0.589. The molecule has 2 aromatic carbocycles. The van der Waals surface area contributed by atoms with Crippen LogP contribution < -0.4 is 4.74 Å². The molecule has 7 heteroatoms. The van der Waals surface area contributed by atoms with Gasteiger partial charge in [-0.05, 0) is 46.9 Å². The molecule has 0 saturated heterocycles. The molecule has 0 bridgehead atoms. The van der Waals surface area contributed by atoms with Gasteiger partial charge in [-0.15, -0.1) is 0 Å². The number of nitro groups is 1. The fraction of sp³-hybridized carbons (Fsp3) is 0. The number of halogens is 1. The Morgan fingerprint density at radius 2 is 1.95 bits per heavy atom. The van der Waals surface area contributed by atoms with E-state index in [1.54, 1.807) is 12.1 Å². The molecule has 0 aromatic heterocycles. The van der Waals surface area contributed by atoms with Gasteiger partial charge in [-0.3, -0.25) is 10.1 Å². The van der Waals surface area contributed by atoms with Gasteiger partial charge in [0.25, 0.3) is 5.69 Å². The van der Waals surface area contributed by atoms with Crippen molar-refractivity contribution < 1.29 is 19.6 Å². The molecule has 0 unspecified atom stereocenters. The third-order valence-electron chi connectivity index (χ3n) is 2.46. The number of nitro benzene ring substituents is 1. The fourth-order valence-corrected chi connectivity index (χ4v) is 2.06. The zero-order valence-electron chi connectivity index (χ0n) is 9.95. The normalized spacial score (nSPS) is 10.1. The summed E-state index contributed by atoms with van der Waals surface area (Å²) in [4.78, 5) is 21.0. The van der Waals surface area contributed by atoms with Crippen LogP contribution in [0.5, 0.6) is 11.5 Å². The van der Waals surface area contributed by atoms with Crippen molar-refractivity contribution in [2.24, 2.45) is 0 Å². The number of carboxylic acid groups (broad SMARTS) is 1. The van der Waals surface area contributed by atoms with Gasteiger partial charge in [0, 0.05) is 0 Å². The van der Waals surface area contributed by atoms with Gasteiger partial charge in [0.15, 0.2) is 0 Å². The molecule has 0 heterocycles. The van der Waals surface area contributed by atoms with Crippen molar-refractivity contribution in [3.63, 3.8) is 0 Å². The molecule has 0 fully saturated rings. The van der Waals surface area contributed by atoms with E-state index in [0.717, 1.165) is 15.7 Å². The molecule has 0 amide bonds. The molecule has 1 N–H and O–H groups in total. The quantitative estimate of drug-likeness (QED) is 0.493. The summed E-state index contributed by atoms with van der Waals surface area (Å²) in [7, 11) is 0. The molecular weight excluding hydrogens is 377 g/mol. The van der Waals surface area contributed by atoms with E-state index in [1.165, 1.54) is 6.07 Å². The maximum Gasteiger partial charge on any atom is 0.342 e. The Bertz CT molecular complexity index is 686. The van der Waals surface area contributed by atoms with Gasteiger partial charge in [0.2, 0.25) is 0 Å². The van der Waals surface area contributed by atoms with Crippen molar-refractivity contribution >= 4 is 34.2 Å². The predicted molar refractivity (Wildman–Crippen MR) is 79.3 cm³/mol. The number of benzene rings is 2. The highest BCUT2D eigenvalue weighted by Gasteiger charge is 2.20. The fourth-order valence-electron chi connectivity index (χ4n) is 1.56. The predicted octanol–water partition coefficient (Wildman–Crippen LogP) is 3.69. The van der Waals surface area contributed by atoms with Crippen molar-refractivity contribution in [1.82, 2.24) is 0 Å². The number of hydrogen-bond acceptors (Lipinski definition) is 4. The minimum atomic E-state index is -1.35. The average molecular weight is 385 g/mol. The number of carbonyl (C=O) groups is 1. The van der Waals surface area contributed by atoms with E-state index in [1.807, 2.05) is 12.1 Å². The lowest BCUT2D eigenvalue weighted by atomic mass is 10.2. The zero-order valence-corrected chi connectivity index (χ0v) is 12.1. The molecular formula is C13H8INO5. The maximum atomic E-state index is 10.9. The second kappa shape index (κ2) is 5.87. The van der Waals surface area contributed by atoms with Crippen LogP contribution in [0.2, 0.25) is 0 Å². The number of nitrogens with zero attached hydrogens (tertiary/aromatic N) is 1. The minimum Gasteiger partial charge on any atom is -0.477 e. The number of rotatable bonds is 4. The molecule has 20 heavy (non-hydrogen) atoms. The van der Waals surface area contributed by atoms with E-state index in [9.17, 15) is 14.9 Å². The van der Waals surface area contributed by atoms with E-state index in [2.05, 4.69) is 22.6 Å². The van der Waals surface area contributed by atoms with Crippen LogP contribution in [0.4, 0.5) is 5.69 Å². The molecule has 2 aromatic rings. The van der Waals surface area contributed by atoms with Gasteiger partial charge in [-0.1, -0.05) is 12.1 Å². The Balaban J connectivity index is 2.40. The highest BCUT2D eigenvalue weighted by molar-refractivity contribution is 14.1. The Morgan fingerprint density at radius 3 is 2.55 bits per heavy atom. The molecule has 0 aliphatic rings. The highest BCUT2D eigenvalue weighted by atomic mass is 127. The van der Waals surface area contributed by atoms with Crippen LogP contribution in [0.25, 0.3) is 0 Å². The van der Waals surface area contributed by atoms with Crippen LogP contribution >= 0.6 is 22.6 Å². The van der Waals surface area contributed by atoms with E-state index < -0.39 is 16.6 Å². The van der Waals surface area contributed by atoms with E-state index in [0.29, 0.717) is 5.75 Å². The van der Waals surface area contributed by atoms with E-state index in [4.69, 9.17) is 9.84 Å². The molecule has 102 valence electrons. The van der Waals surface area contributed by atoms with Crippen molar-refractivity contribution in [3.05, 3.63) is 61.7 Å². The summed E-state index contributed by atoms with van der Waals surface area (Å²) < 4.78 is 6.37. The first-order valence-electron chi connectivity index (χ1n) is 5.43. The third-order valence-corrected chi connectivity index (χ3v) is 3.35. The summed E-state index contributed by atoms with van der Waals surface area (Å²) >= 11 is 2.07. The Hall–Kier alpha value is -2.16. The van der Waals surface area contributed by atoms with Crippen molar-refractivity contribution in [3.8, 4) is 11.5 Å². The van der Waals surface area contributed by atoms with Crippen LogP contribution in [0.15, 0.2) is 42.5 Å². The summed E-state index contributed by atoms with van der Waals surface area (Å²) in [5, 5.41) is 19.8. The average Bonchev–Trinajstić information content (AvgIpc) is 2.41. The summed E-state index contributed by atoms with van der Waals surface area (Å²) in [6.45, 7) is 0. The van der Waals surface area contributed by atoms with Crippen LogP contribution in [-0.2, 0) is 0 Å². The number of ether oxygens (including phenoxy) is 1. The summed E-state index contributed by atoms with van der Waals surface area (Å²) in [5.41, 5.74) is -0.869. The van der Waals surface area contributed by atoms with Gasteiger partial charge in [-0.25, -0.2) is 4.79 Å². The Morgan fingerprint density at radius 1 is 1.25 bits per heavy atom. The number of hydrogen-bond donors (Lipinski definition) is 1. The second-order valence-corrected chi connectivity index (χ2v) is 4.94. The number of para-hydroxylation sites is 1. The molecule has 0 atom stereocenters. The molecule has 0 aliphatic carbocycles. The first-order chi connectivity index (χ1) is 9.49. The monoisotopic (exact) mass is 385 g/mol. The van der Waals surface area contributed by atoms with E-state index >= 15 is 0 Å². The summed E-state index contributed by atoms with van der Waals surface area (Å²) in [6, 6.07) is 10.8. The Labute approximate surface area is 127 Å². The van der Waals surface area contributed by atoms with Crippen molar-refractivity contribution in [2.45, 2.75) is 0 Å². The molecule has 0 aliphatic heterocycles. The van der Waals surface area contributed by atoms with Crippen LogP contribution in [-0.4, -0.2) is 16.0 Å². The molecule has 6 nitrogen and oxygen atoms in total. The zero-order chi connectivity index (χ0) is 14.7. The first kappa shape index (κ1) is 14.3. The Kier molecular flexibility index (Phi) is 4.18. The van der Waals surface area contributed by atoms with E-state index in [-0.39, 0.29) is 11.3 Å². The van der Waals surface area contributed by atoms with Gasteiger partial charge < -0.3 is 9.84 Å². The van der Waals surface area contributed by atoms with Crippen molar-refractivity contribution in [2.75, 3.05) is 0 Å². The molecule has 0 spiro atoms. The largest absolute Gasteiger partial charge is 0.477 e. The lowest BCUT2D eigenvalue weighted by Gasteiger charge is -2.08. The lowest BCUT2D eigenvalue weighted by Crippen LogP contribution is -2.02. The highest BCUT2D eigenvalue weighted by Crippen LogP contribution is 2.30. The van der Waals surface area contributed by atoms with Crippen LogP contribution in [0, 0.1) is 13.7 Å². The third kappa shape index (κ3) is 3.05. The van der Waals surface area contributed by atoms with Gasteiger partial charge in [-0.2, -0.15) is 0 Å². The van der Waals surface area contributed by atoms with Gasteiger partial charge in [0.1, 0.15) is 17.1 Å². The first-order valence-corrected chi connectivity index (χ1v) is 6.51. The maximum absolute atomic E-state index is 10.9. The van der Waals surface area contributed by atoms with Crippen molar-refractivity contribution in [1.29, 1.82) is 0 Å². The SMILES string of the molecule is O=C(O)c1ccc(Oc2ccccc2I)cc1[N+](=O)[O-]. The van der Waals surface area contributed by atoms with Gasteiger partial charge >= 0.3 is 5.97 Å². The number of aromatic carboxylic acids is 1.